The van der Waals surface area contributed by atoms with E-state index in [1.165, 1.54) is 6.08 Å². The number of para-hydroxylation sites is 2. The SMILES string of the molecule is COc1ccc(C=CC(=O)NC(=Cc2ccc3c(c2)OCO3)C(=O)NCCc2nc3ccccc3[nH]2)cc1. The van der Waals surface area contributed by atoms with Crippen LogP contribution in [0.15, 0.2) is 78.5 Å². The van der Waals surface area contributed by atoms with Gasteiger partial charge in [-0.3, -0.25) is 9.59 Å². The van der Waals surface area contributed by atoms with Crippen LogP contribution in [0.5, 0.6) is 17.2 Å². The number of nitrogens with one attached hydrogen (secondary N) is 3. The molecule has 0 aliphatic carbocycles. The Kier molecular flexibility index (Phi) is 7.35. The number of carbonyl (C=O) groups excluding carboxylic acids is 2. The molecule has 0 saturated carbocycles. The number of aromatic amines is 1. The fraction of sp³-hybridized carbons (Fsp3) is 0.138. The van der Waals surface area contributed by atoms with Crippen LogP contribution in [-0.2, 0) is 16.0 Å². The summed E-state index contributed by atoms with van der Waals surface area (Å²) < 4.78 is 15.9. The minimum Gasteiger partial charge on any atom is -0.497 e. The second-order valence-corrected chi connectivity index (χ2v) is 8.47. The van der Waals surface area contributed by atoms with Gasteiger partial charge in [0.15, 0.2) is 11.5 Å². The van der Waals surface area contributed by atoms with E-state index in [-0.39, 0.29) is 12.5 Å². The first-order valence-electron chi connectivity index (χ1n) is 12.0. The van der Waals surface area contributed by atoms with Crippen molar-refractivity contribution in [1.29, 1.82) is 0 Å². The van der Waals surface area contributed by atoms with E-state index in [1.807, 2.05) is 36.4 Å². The minimum absolute atomic E-state index is 0.0952. The van der Waals surface area contributed by atoms with Crippen LogP contribution < -0.4 is 24.8 Å². The van der Waals surface area contributed by atoms with Crippen molar-refractivity contribution < 1.29 is 23.8 Å². The number of benzene rings is 3. The summed E-state index contributed by atoms with van der Waals surface area (Å²) in [6.45, 7) is 0.471. The molecule has 38 heavy (non-hydrogen) atoms. The summed E-state index contributed by atoms with van der Waals surface area (Å²) in [6.07, 6.45) is 5.13. The number of nitrogens with zero attached hydrogens (tertiary/aromatic N) is 1. The van der Waals surface area contributed by atoms with Gasteiger partial charge in [0, 0.05) is 19.0 Å². The lowest BCUT2D eigenvalue weighted by atomic mass is 10.1. The maximum atomic E-state index is 13.1. The highest BCUT2D eigenvalue weighted by molar-refractivity contribution is 6.04. The first kappa shape index (κ1) is 24.6. The Balaban J connectivity index is 1.28. The highest BCUT2D eigenvalue weighted by Gasteiger charge is 2.16. The third-order valence-corrected chi connectivity index (χ3v) is 5.84. The maximum absolute atomic E-state index is 13.1. The number of imidazole rings is 1. The van der Waals surface area contributed by atoms with E-state index in [0.29, 0.717) is 30.0 Å². The van der Waals surface area contributed by atoms with Gasteiger partial charge in [0.2, 0.25) is 12.7 Å². The second-order valence-electron chi connectivity index (χ2n) is 8.47. The molecule has 0 spiro atoms. The van der Waals surface area contributed by atoms with Gasteiger partial charge in [-0.1, -0.05) is 30.3 Å². The number of H-pyrrole nitrogens is 1. The fourth-order valence-electron chi connectivity index (χ4n) is 3.90. The summed E-state index contributed by atoms with van der Waals surface area (Å²) in [5.41, 5.74) is 3.40. The Morgan fingerprint density at radius 3 is 2.63 bits per heavy atom. The topological polar surface area (TPSA) is 115 Å². The molecule has 3 aromatic carbocycles. The van der Waals surface area contributed by atoms with Gasteiger partial charge in [-0.15, -0.1) is 0 Å². The summed E-state index contributed by atoms with van der Waals surface area (Å²) in [7, 11) is 1.59. The van der Waals surface area contributed by atoms with Crippen molar-refractivity contribution in [3.63, 3.8) is 0 Å². The van der Waals surface area contributed by atoms with Gasteiger partial charge >= 0.3 is 0 Å². The average molecular weight is 511 g/mol. The minimum atomic E-state index is -0.444. The standard InChI is InChI=1S/C29H26N4O5/c1-36-21-10-6-19(7-11-21)9-13-28(34)33-24(16-20-8-12-25-26(17-20)38-18-37-25)29(35)30-15-14-27-31-22-4-2-3-5-23(22)32-27/h2-13,16-17H,14-15,18H2,1H3,(H,30,35)(H,31,32)(H,33,34). The average Bonchev–Trinajstić information content (AvgIpc) is 3.58. The summed E-state index contributed by atoms with van der Waals surface area (Å²) >= 11 is 0. The predicted octanol–water partition coefficient (Wildman–Crippen LogP) is 3.83. The number of hydrogen-bond acceptors (Lipinski definition) is 6. The number of methoxy groups -OCH3 is 1. The summed E-state index contributed by atoms with van der Waals surface area (Å²) in [5.74, 6) is 1.82. The molecule has 9 heteroatoms. The molecular weight excluding hydrogens is 484 g/mol. The van der Waals surface area contributed by atoms with Gasteiger partial charge in [0.05, 0.1) is 18.1 Å². The Hall–Kier alpha value is -5.05. The lowest BCUT2D eigenvalue weighted by Gasteiger charge is -2.10. The molecule has 9 nitrogen and oxygen atoms in total. The fourth-order valence-corrected chi connectivity index (χ4v) is 3.90. The van der Waals surface area contributed by atoms with Crippen LogP contribution in [-0.4, -0.2) is 42.2 Å². The Bertz CT molecular complexity index is 1490. The van der Waals surface area contributed by atoms with Crippen LogP contribution in [0, 0.1) is 0 Å². The Labute approximate surface area is 219 Å². The number of carbonyl (C=O) groups is 2. The van der Waals surface area contributed by atoms with Crippen molar-refractivity contribution >= 4 is 35.0 Å². The van der Waals surface area contributed by atoms with Crippen LogP contribution in [0.3, 0.4) is 0 Å². The van der Waals surface area contributed by atoms with E-state index in [9.17, 15) is 9.59 Å². The van der Waals surface area contributed by atoms with Gasteiger partial charge in [-0.2, -0.15) is 0 Å². The number of hydrogen-bond donors (Lipinski definition) is 3. The van der Waals surface area contributed by atoms with Crippen LogP contribution in [0.4, 0.5) is 0 Å². The molecule has 0 fully saturated rings. The first-order valence-corrected chi connectivity index (χ1v) is 12.0. The zero-order chi connectivity index (χ0) is 26.3. The van der Waals surface area contributed by atoms with E-state index in [4.69, 9.17) is 14.2 Å². The molecule has 192 valence electrons. The lowest BCUT2D eigenvalue weighted by molar-refractivity contribution is -0.121. The highest BCUT2D eigenvalue weighted by atomic mass is 16.7. The zero-order valence-corrected chi connectivity index (χ0v) is 20.7. The van der Waals surface area contributed by atoms with E-state index in [2.05, 4.69) is 20.6 Å². The summed E-state index contributed by atoms with van der Waals surface area (Å²) in [5, 5.41) is 5.56. The molecule has 3 N–H and O–H groups in total. The molecular formula is C29H26N4O5. The Morgan fingerprint density at radius 1 is 1.03 bits per heavy atom. The number of fused-ring (bicyclic) bond motifs is 2. The Morgan fingerprint density at radius 2 is 1.82 bits per heavy atom. The van der Waals surface area contributed by atoms with Crippen molar-refractivity contribution in [2.45, 2.75) is 6.42 Å². The summed E-state index contributed by atoms with van der Waals surface area (Å²) in [6, 6.07) is 20.3. The van der Waals surface area contributed by atoms with E-state index >= 15 is 0 Å². The molecule has 0 unspecified atom stereocenters. The molecule has 0 saturated heterocycles. The second kappa shape index (κ2) is 11.3. The van der Waals surface area contributed by atoms with E-state index in [1.54, 1.807) is 49.6 Å². The van der Waals surface area contributed by atoms with Gasteiger partial charge < -0.3 is 29.8 Å². The van der Waals surface area contributed by atoms with Gasteiger partial charge in [-0.25, -0.2) is 4.98 Å². The van der Waals surface area contributed by atoms with E-state index in [0.717, 1.165) is 28.2 Å². The molecule has 1 aliphatic rings. The van der Waals surface area contributed by atoms with Gasteiger partial charge in [0.1, 0.15) is 17.3 Å². The molecule has 0 bridgehead atoms. The normalized spacial score (nSPS) is 12.6. The monoisotopic (exact) mass is 510 g/mol. The molecule has 2 heterocycles. The van der Waals surface area contributed by atoms with Crippen molar-refractivity contribution in [3.05, 3.63) is 95.5 Å². The van der Waals surface area contributed by atoms with Crippen LogP contribution >= 0.6 is 0 Å². The molecule has 2 amide bonds. The molecule has 0 radical (unpaired) electrons. The van der Waals surface area contributed by atoms with Crippen molar-refractivity contribution in [2.24, 2.45) is 0 Å². The zero-order valence-electron chi connectivity index (χ0n) is 20.7. The molecule has 0 atom stereocenters. The van der Waals surface area contributed by atoms with Crippen molar-refractivity contribution in [3.8, 4) is 17.2 Å². The predicted molar refractivity (Wildman–Crippen MR) is 144 cm³/mol. The highest BCUT2D eigenvalue weighted by Crippen LogP contribution is 2.33. The smallest absolute Gasteiger partial charge is 0.267 e. The number of rotatable bonds is 9. The number of ether oxygens (including phenoxy) is 3. The van der Waals surface area contributed by atoms with Crippen molar-refractivity contribution in [2.75, 3.05) is 20.4 Å². The van der Waals surface area contributed by atoms with E-state index < -0.39 is 11.8 Å². The molecule has 1 aliphatic heterocycles. The summed E-state index contributed by atoms with van der Waals surface area (Å²) in [4.78, 5) is 33.6. The molecule has 1 aromatic heterocycles. The first-order chi connectivity index (χ1) is 18.6. The van der Waals surface area contributed by atoms with Crippen molar-refractivity contribution in [1.82, 2.24) is 20.6 Å². The largest absolute Gasteiger partial charge is 0.497 e. The van der Waals surface area contributed by atoms with Crippen LogP contribution in [0.2, 0.25) is 0 Å². The van der Waals surface area contributed by atoms with Gasteiger partial charge in [0.25, 0.3) is 5.91 Å². The quantitative estimate of drug-likeness (QED) is 0.295. The van der Waals surface area contributed by atoms with Crippen LogP contribution in [0.1, 0.15) is 17.0 Å². The third-order valence-electron chi connectivity index (χ3n) is 5.84. The number of amides is 2. The third kappa shape index (κ3) is 6.01. The van der Waals surface area contributed by atoms with Crippen LogP contribution in [0.25, 0.3) is 23.2 Å². The number of aromatic nitrogens is 2. The molecule has 5 rings (SSSR count). The van der Waals surface area contributed by atoms with Gasteiger partial charge in [-0.05, 0) is 59.7 Å². The lowest BCUT2D eigenvalue weighted by Crippen LogP contribution is -2.35. The molecule has 4 aromatic rings. The maximum Gasteiger partial charge on any atom is 0.267 e.